The normalized spacial score (nSPS) is 12.8. The number of aryl methyl sites for hydroxylation is 1. The van der Waals surface area contributed by atoms with Gasteiger partial charge in [-0.25, -0.2) is 17.5 Å². The van der Waals surface area contributed by atoms with Gasteiger partial charge in [0.15, 0.2) is 0 Å². The molecule has 0 aliphatic heterocycles. The largest absolute Gasteiger partial charge is 0.324 e. The molecule has 0 bridgehead atoms. The standard InChI is InChI=1S/C11H17FN2O2S/c1-8-6-9(4-5-10(8)12)17(15,16)14-7-11(2,3)13/h4-6,14H,7,13H2,1-3H3. The third-order valence-corrected chi connectivity index (χ3v) is 3.56. The van der Waals surface area contributed by atoms with Gasteiger partial charge in [0.2, 0.25) is 10.0 Å². The minimum Gasteiger partial charge on any atom is -0.324 e. The number of hydrogen-bond acceptors (Lipinski definition) is 3. The van der Waals surface area contributed by atoms with Gasteiger partial charge in [0, 0.05) is 12.1 Å². The highest BCUT2D eigenvalue weighted by Crippen LogP contribution is 2.14. The number of benzene rings is 1. The molecule has 0 aromatic heterocycles. The minimum atomic E-state index is -3.63. The Morgan fingerprint density at radius 2 is 2.00 bits per heavy atom. The van der Waals surface area contributed by atoms with E-state index in [4.69, 9.17) is 5.73 Å². The van der Waals surface area contributed by atoms with Crippen LogP contribution in [-0.4, -0.2) is 20.5 Å². The van der Waals surface area contributed by atoms with E-state index >= 15 is 0 Å². The number of nitrogens with one attached hydrogen (secondary N) is 1. The topological polar surface area (TPSA) is 72.2 Å². The van der Waals surface area contributed by atoms with Crippen molar-refractivity contribution in [3.8, 4) is 0 Å². The molecule has 1 aromatic rings. The van der Waals surface area contributed by atoms with Crippen LogP contribution in [0.5, 0.6) is 0 Å². The lowest BCUT2D eigenvalue weighted by Crippen LogP contribution is -2.45. The smallest absolute Gasteiger partial charge is 0.240 e. The van der Waals surface area contributed by atoms with Gasteiger partial charge in [-0.15, -0.1) is 0 Å². The first kappa shape index (κ1) is 14.1. The van der Waals surface area contributed by atoms with Gasteiger partial charge >= 0.3 is 0 Å². The van der Waals surface area contributed by atoms with Crippen molar-refractivity contribution in [2.24, 2.45) is 5.73 Å². The number of halogens is 1. The van der Waals surface area contributed by atoms with Crippen molar-refractivity contribution in [3.63, 3.8) is 0 Å². The van der Waals surface area contributed by atoms with Crippen LogP contribution < -0.4 is 10.5 Å². The first-order chi connectivity index (χ1) is 7.62. The fourth-order valence-electron chi connectivity index (χ4n) is 1.15. The second kappa shape index (κ2) is 4.72. The average Bonchev–Trinajstić information content (AvgIpc) is 2.18. The predicted molar refractivity (Wildman–Crippen MR) is 64.6 cm³/mol. The molecule has 0 saturated heterocycles. The molecule has 3 N–H and O–H groups in total. The molecule has 96 valence electrons. The lowest BCUT2D eigenvalue weighted by molar-refractivity contribution is 0.497. The Bertz CT molecular complexity index is 507. The van der Waals surface area contributed by atoms with Crippen LogP contribution in [0.15, 0.2) is 23.1 Å². The highest BCUT2D eigenvalue weighted by molar-refractivity contribution is 7.89. The zero-order valence-electron chi connectivity index (χ0n) is 10.1. The molecule has 0 unspecified atom stereocenters. The van der Waals surface area contributed by atoms with E-state index in [1.807, 2.05) is 0 Å². The van der Waals surface area contributed by atoms with Gasteiger partial charge in [-0.05, 0) is 44.5 Å². The molecule has 0 radical (unpaired) electrons. The molecular formula is C11H17FN2O2S. The van der Waals surface area contributed by atoms with Crippen LogP contribution in [-0.2, 0) is 10.0 Å². The van der Waals surface area contributed by atoms with Crippen LogP contribution in [0.1, 0.15) is 19.4 Å². The Labute approximate surface area is 101 Å². The molecule has 0 fully saturated rings. The Kier molecular flexibility index (Phi) is 3.91. The first-order valence-corrected chi connectivity index (χ1v) is 6.65. The molecule has 0 spiro atoms. The lowest BCUT2D eigenvalue weighted by Gasteiger charge is -2.19. The van der Waals surface area contributed by atoms with E-state index in [1.165, 1.54) is 19.1 Å². The fraction of sp³-hybridized carbons (Fsp3) is 0.455. The zero-order valence-corrected chi connectivity index (χ0v) is 10.9. The van der Waals surface area contributed by atoms with E-state index in [-0.39, 0.29) is 11.4 Å². The summed E-state index contributed by atoms with van der Waals surface area (Å²) >= 11 is 0. The molecule has 0 amide bonds. The van der Waals surface area contributed by atoms with E-state index in [0.29, 0.717) is 5.56 Å². The van der Waals surface area contributed by atoms with Crippen LogP contribution in [0.3, 0.4) is 0 Å². The van der Waals surface area contributed by atoms with E-state index in [1.54, 1.807) is 13.8 Å². The molecule has 0 aliphatic carbocycles. The molecule has 0 aliphatic rings. The van der Waals surface area contributed by atoms with Gasteiger partial charge in [-0.3, -0.25) is 0 Å². The lowest BCUT2D eigenvalue weighted by atomic mass is 10.1. The summed E-state index contributed by atoms with van der Waals surface area (Å²) in [7, 11) is -3.63. The molecular weight excluding hydrogens is 243 g/mol. The number of hydrogen-bond donors (Lipinski definition) is 2. The van der Waals surface area contributed by atoms with E-state index in [0.717, 1.165) is 6.07 Å². The monoisotopic (exact) mass is 260 g/mol. The van der Waals surface area contributed by atoms with Crippen LogP contribution >= 0.6 is 0 Å². The summed E-state index contributed by atoms with van der Waals surface area (Å²) in [6.45, 7) is 5.06. The second-order valence-electron chi connectivity index (χ2n) is 4.72. The molecule has 4 nitrogen and oxygen atoms in total. The summed E-state index contributed by atoms with van der Waals surface area (Å²) in [5.74, 6) is -0.428. The van der Waals surface area contributed by atoms with Crippen molar-refractivity contribution in [2.75, 3.05) is 6.54 Å². The van der Waals surface area contributed by atoms with Crippen molar-refractivity contribution >= 4 is 10.0 Å². The first-order valence-electron chi connectivity index (χ1n) is 5.16. The Hall–Kier alpha value is -0.980. The summed E-state index contributed by atoms with van der Waals surface area (Å²) < 4.78 is 39.1. The van der Waals surface area contributed by atoms with Gasteiger partial charge in [-0.1, -0.05) is 0 Å². The second-order valence-corrected chi connectivity index (χ2v) is 6.49. The maximum Gasteiger partial charge on any atom is 0.240 e. The number of sulfonamides is 1. The van der Waals surface area contributed by atoms with Crippen LogP contribution in [0, 0.1) is 12.7 Å². The maximum atomic E-state index is 13.0. The molecule has 17 heavy (non-hydrogen) atoms. The quantitative estimate of drug-likeness (QED) is 0.853. The van der Waals surface area contributed by atoms with Crippen LogP contribution in [0.2, 0.25) is 0 Å². The zero-order chi connectivity index (χ0) is 13.3. The molecule has 0 heterocycles. The SMILES string of the molecule is Cc1cc(S(=O)(=O)NCC(C)(C)N)ccc1F. The Morgan fingerprint density at radius 3 is 2.47 bits per heavy atom. The summed E-state index contributed by atoms with van der Waals surface area (Å²) in [5, 5.41) is 0. The van der Waals surface area contributed by atoms with Gasteiger partial charge in [0.1, 0.15) is 5.82 Å². The van der Waals surface area contributed by atoms with Gasteiger partial charge in [0.05, 0.1) is 4.90 Å². The molecule has 0 saturated carbocycles. The summed E-state index contributed by atoms with van der Waals surface area (Å²) in [4.78, 5) is 0.0423. The highest BCUT2D eigenvalue weighted by atomic mass is 32.2. The van der Waals surface area contributed by atoms with Crippen molar-refractivity contribution < 1.29 is 12.8 Å². The highest BCUT2D eigenvalue weighted by Gasteiger charge is 2.19. The molecule has 1 rings (SSSR count). The molecule has 6 heteroatoms. The van der Waals surface area contributed by atoms with Crippen LogP contribution in [0.25, 0.3) is 0 Å². The summed E-state index contributed by atoms with van der Waals surface area (Å²) in [5.41, 5.74) is 5.34. The van der Waals surface area contributed by atoms with Crippen molar-refractivity contribution in [1.29, 1.82) is 0 Å². The summed E-state index contributed by atoms with van der Waals surface area (Å²) in [6.07, 6.45) is 0. The van der Waals surface area contributed by atoms with E-state index in [2.05, 4.69) is 4.72 Å². The van der Waals surface area contributed by atoms with E-state index < -0.39 is 21.4 Å². The van der Waals surface area contributed by atoms with Crippen molar-refractivity contribution in [1.82, 2.24) is 4.72 Å². The van der Waals surface area contributed by atoms with Gasteiger partial charge < -0.3 is 5.73 Å². The third kappa shape index (κ3) is 4.07. The average molecular weight is 260 g/mol. The summed E-state index contributed by atoms with van der Waals surface area (Å²) in [6, 6.07) is 3.66. The minimum absolute atomic E-state index is 0.0423. The molecule has 0 atom stereocenters. The number of rotatable bonds is 4. The fourth-order valence-corrected chi connectivity index (χ4v) is 2.46. The third-order valence-electron chi connectivity index (χ3n) is 2.16. The number of nitrogens with two attached hydrogens (primary N) is 1. The molecule has 1 aromatic carbocycles. The maximum absolute atomic E-state index is 13.0. The van der Waals surface area contributed by atoms with Crippen LogP contribution in [0.4, 0.5) is 4.39 Å². The van der Waals surface area contributed by atoms with Gasteiger partial charge in [-0.2, -0.15) is 0 Å². The van der Waals surface area contributed by atoms with Gasteiger partial charge in [0.25, 0.3) is 0 Å². The Balaban J connectivity index is 2.94. The van der Waals surface area contributed by atoms with Crippen molar-refractivity contribution in [2.45, 2.75) is 31.2 Å². The predicted octanol–water partition coefficient (Wildman–Crippen LogP) is 1.15. The van der Waals surface area contributed by atoms with Crippen molar-refractivity contribution in [3.05, 3.63) is 29.6 Å². The van der Waals surface area contributed by atoms with E-state index in [9.17, 15) is 12.8 Å². The Morgan fingerprint density at radius 1 is 1.41 bits per heavy atom.